The Labute approximate surface area is 178 Å². The molecular formula is C21H19ClO8. The van der Waals surface area contributed by atoms with Gasteiger partial charge in [0, 0.05) is 11.1 Å². The highest BCUT2D eigenvalue weighted by Gasteiger charge is 2.20. The third kappa shape index (κ3) is 4.49. The third-order valence-corrected chi connectivity index (χ3v) is 4.34. The first-order valence-electron chi connectivity index (χ1n) is 8.48. The molecule has 0 amide bonds. The molecule has 0 spiro atoms. The van der Waals surface area contributed by atoms with Crippen LogP contribution in [0.3, 0.4) is 0 Å². The van der Waals surface area contributed by atoms with Crippen LogP contribution in [0.2, 0.25) is 0 Å². The van der Waals surface area contributed by atoms with Crippen LogP contribution in [0.15, 0.2) is 42.2 Å². The van der Waals surface area contributed by atoms with Crippen molar-refractivity contribution in [1.82, 2.24) is 0 Å². The van der Waals surface area contributed by atoms with Gasteiger partial charge in [-0.15, -0.1) is 12.4 Å². The molecule has 8 nitrogen and oxygen atoms in total. The number of carboxylic acids is 2. The Morgan fingerprint density at radius 2 is 1.57 bits per heavy atom. The molecule has 0 fully saturated rings. The molecule has 0 unspecified atom stereocenters. The van der Waals surface area contributed by atoms with E-state index in [0.717, 1.165) is 0 Å². The summed E-state index contributed by atoms with van der Waals surface area (Å²) in [6, 6.07) is 5.44. The van der Waals surface area contributed by atoms with E-state index in [9.17, 15) is 24.9 Å². The van der Waals surface area contributed by atoms with E-state index in [1.54, 1.807) is 12.2 Å². The van der Waals surface area contributed by atoms with Crippen LogP contribution in [0.5, 0.6) is 23.0 Å². The molecule has 158 valence electrons. The second kappa shape index (κ2) is 9.23. The Morgan fingerprint density at radius 1 is 0.967 bits per heavy atom. The summed E-state index contributed by atoms with van der Waals surface area (Å²) in [5.41, 5.74) is 0.965. The number of hydrogen-bond donors (Lipinski definition) is 3. The number of carboxylic acid groups (broad SMARTS) is 2. The van der Waals surface area contributed by atoms with Gasteiger partial charge < -0.3 is 29.5 Å². The van der Waals surface area contributed by atoms with Crippen molar-refractivity contribution >= 4 is 30.4 Å². The summed E-state index contributed by atoms with van der Waals surface area (Å²) in [5.74, 6) is -1.26. The van der Waals surface area contributed by atoms with Crippen LogP contribution < -0.4 is 14.2 Å². The largest absolute Gasteiger partial charge is 0.504 e. The summed E-state index contributed by atoms with van der Waals surface area (Å²) >= 11 is 0. The minimum absolute atomic E-state index is 0. The van der Waals surface area contributed by atoms with Gasteiger partial charge in [0.05, 0.1) is 25.3 Å². The molecule has 9 heteroatoms. The maximum atomic E-state index is 11.3. The number of rotatable bonds is 6. The molecule has 0 bridgehead atoms. The van der Waals surface area contributed by atoms with Crippen molar-refractivity contribution < 1.29 is 39.1 Å². The summed E-state index contributed by atoms with van der Waals surface area (Å²) in [6.07, 6.45) is 5.21. The number of fused-ring (bicyclic) bond motifs is 1. The fourth-order valence-corrected chi connectivity index (χ4v) is 2.88. The fraction of sp³-hybridized carbons (Fsp3) is 0.143. The number of hydrogen-bond acceptors (Lipinski definition) is 6. The van der Waals surface area contributed by atoms with Gasteiger partial charge in [0.2, 0.25) is 0 Å². The molecule has 0 aliphatic carbocycles. The molecule has 3 rings (SSSR count). The number of benzene rings is 2. The van der Waals surface area contributed by atoms with Crippen LogP contribution in [-0.2, 0) is 6.42 Å². The molecule has 0 saturated carbocycles. The monoisotopic (exact) mass is 434 g/mol. The zero-order chi connectivity index (χ0) is 21.1. The fourth-order valence-electron chi connectivity index (χ4n) is 2.88. The molecule has 30 heavy (non-hydrogen) atoms. The van der Waals surface area contributed by atoms with E-state index >= 15 is 0 Å². The number of phenols is 1. The van der Waals surface area contributed by atoms with E-state index in [4.69, 9.17) is 14.2 Å². The SMILES string of the molecule is COc1cc(C(=O)O)cc(C=CC2=CCc3cc(C(=O)O)cc(OC)c3O2)c1O.Cl. The number of carbonyl (C=O) groups is 2. The summed E-state index contributed by atoms with van der Waals surface area (Å²) in [4.78, 5) is 22.5. The Kier molecular flexibility index (Phi) is 6.97. The number of methoxy groups -OCH3 is 2. The van der Waals surface area contributed by atoms with Crippen molar-refractivity contribution in [2.24, 2.45) is 0 Å². The average Bonchev–Trinajstić information content (AvgIpc) is 2.71. The second-order valence-electron chi connectivity index (χ2n) is 6.14. The maximum absolute atomic E-state index is 11.3. The maximum Gasteiger partial charge on any atom is 0.335 e. The lowest BCUT2D eigenvalue weighted by atomic mass is 10.0. The lowest BCUT2D eigenvalue weighted by molar-refractivity contribution is 0.0685. The molecular weight excluding hydrogens is 416 g/mol. The van der Waals surface area contributed by atoms with Crippen LogP contribution in [0, 0.1) is 0 Å². The van der Waals surface area contributed by atoms with Crippen LogP contribution in [0.1, 0.15) is 31.8 Å². The van der Waals surface area contributed by atoms with E-state index in [0.29, 0.717) is 23.5 Å². The van der Waals surface area contributed by atoms with Gasteiger partial charge in [-0.1, -0.05) is 0 Å². The predicted octanol–water partition coefficient (Wildman–Crippen LogP) is 3.76. The van der Waals surface area contributed by atoms with E-state index in [1.165, 1.54) is 44.6 Å². The van der Waals surface area contributed by atoms with Crippen LogP contribution in [-0.4, -0.2) is 41.5 Å². The molecule has 1 heterocycles. The minimum Gasteiger partial charge on any atom is -0.504 e. The highest BCUT2D eigenvalue weighted by Crippen LogP contribution is 2.38. The van der Waals surface area contributed by atoms with Crippen molar-refractivity contribution in [3.63, 3.8) is 0 Å². The molecule has 2 aromatic rings. The zero-order valence-corrected chi connectivity index (χ0v) is 16.9. The summed E-state index contributed by atoms with van der Waals surface area (Å²) in [5, 5.41) is 28.7. The molecule has 3 N–H and O–H groups in total. The van der Waals surface area contributed by atoms with Crippen LogP contribution in [0.25, 0.3) is 6.08 Å². The van der Waals surface area contributed by atoms with Gasteiger partial charge >= 0.3 is 11.9 Å². The molecule has 0 aromatic heterocycles. The minimum atomic E-state index is -1.15. The second-order valence-corrected chi connectivity index (χ2v) is 6.14. The smallest absolute Gasteiger partial charge is 0.335 e. The first kappa shape index (κ1) is 22.6. The first-order valence-corrected chi connectivity index (χ1v) is 8.48. The Morgan fingerprint density at radius 3 is 2.17 bits per heavy atom. The van der Waals surface area contributed by atoms with Gasteiger partial charge in [-0.25, -0.2) is 9.59 Å². The normalized spacial score (nSPS) is 12.3. The molecule has 1 aliphatic rings. The van der Waals surface area contributed by atoms with Crippen LogP contribution in [0.4, 0.5) is 0 Å². The van der Waals surface area contributed by atoms with E-state index < -0.39 is 11.9 Å². The van der Waals surface area contributed by atoms with Gasteiger partial charge in [-0.05, 0) is 48.9 Å². The standard InChI is InChI=1S/C21H18O8.ClH/c1-27-16-9-13(20(23)24)7-11(18(16)22)3-5-15-6-4-12-8-14(21(25)26)10-17(28-2)19(12)29-15;/h3,5-10,22H,4H2,1-2H3,(H,23,24)(H,25,26);1H. The third-order valence-electron chi connectivity index (χ3n) is 4.34. The highest BCUT2D eigenvalue weighted by atomic mass is 35.5. The lowest BCUT2D eigenvalue weighted by Gasteiger charge is -2.19. The molecule has 0 saturated heterocycles. The van der Waals surface area contributed by atoms with Gasteiger partial charge in [-0.3, -0.25) is 0 Å². The summed E-state index contributed by atoms with van der Waals surface area (Å²) in [7, 11) is 2.75. The van der Waals surface area contributed by atoms with Crippen molar-refractivity contribution in [3.8, 4) is 23.0 Å². The van der Waals surface area contributed by atoms with E-state index in [2.05, 4.69) is 0 Å². The topological polar surface area (TPSA) is 123 Å². The van der Waals surface area contributed by atoms with Gasteiger partial charge in [-0.2, -0.15) is 0 Å². The Bertz CT molecular complexity index is 1060. The van der Waals surface area contributed by atoms with Gasteiger partial charge in [0.1, 0.15) is 5.76 Å². The quantitative estimate of drug-likeness (QED) is 0.628. The number of halogens is 1. The molecule has 0 atom stereocenters. The highest BCUT2D eigenvalue weighted by molar-refractivity contribution is 5.90. The van der Waals surface area contributed by atoms with Crippen molar-refractivity contribution in [2.75, 3.05) is 14.2 Å². The zero-order valence-electron chi connectivity index (χ0n) is 16.0. The van der Waals surface area contributed by atoms with Crippen molar-refractivity contribution in [3.05, 3.63) is 64.4 Å². The number of aromatic hydroxyl groups is 1. The number of aromatic carboxylic acids is 2. The summed E-state index contributed by atoms with van der Waals surface area (Å²) < 4.78 is 16.1. The van der Waals surface area contributed by atoms with E-state index in [-0.39, 0.29) is 46.3 Å². The molecule has 2 aromatic carbocycles. The predicted molar refractivity (Wildman–Crippen MR) is 110 cm³/mol. The number of phenolic OH excluding ortho intramolecular Hbond substituents is 1. The van der Waals surface area contributed by atoms with Crippen molar-refractivity contribution in [1.29, 1.82) is 0 Å². The van der Waals surface area contributed by atoms with Gasteiger partial charge in [0.15, 0.2) is 23.0 Å². The first-order chi connectivity index (χ1) is 13.8. The Hall–Kier alpha value is -3.65. The van der Waals surface area contributed by atoms with Crippen molar-refractivity contribution in [2.45, 2.75) is 6.42 Å². The molecule has 0 radical (unpaired) electrons. The number of ether oxygens (including phenoxy) is 3. The van der Waals surface area contributed by atoms with Crippen LogP contribution >= 0.6 is 12.4 Å². The summed E-state index contributed by atoms with van der Waals surface area (Å²) in [6.45, 7) is 0. The number of allylic oxidation sites excluding steroid dienone is 2. The van der Waals surface area contributed by atoms with E-state index in [1.807, 2.05) is 0 Å². The Balaban J connectivity index is 0.00000320. The molecule has 1 aliphatic heterocycles. The lowest BCUT2D eigenvalue weighted by Crippen LogP contribution is -2.07. The average molecular weight is 435 g/mol. The van der Waals surface area contributed by atoms with Gasteiger partial charge in [0.25, 0.3) is 0 Å².